The summed E-state index contributed by atoms with van der Waals surface area (Å²) < 4.78 is 11.5. The zero-order chi connectivity index (χ0) is 37.9. The molecule has 1 aliphatic heterocycles. The fourth-order valence-electron chi connectivity index (χ4n) is 7.78. The lowest BCUT2D eigenvalue weighted by Crippen LogP contribution is -2.59. The van der Waals surface area contributed by atoms with Crippen molar-refractivity contribution in [1.29, 1.82) is 0 Å². The first-order valence-electron chi connectivity index (χ1n) is 17.9. The van der Waals surface area contributed by atoms with Crippen molar-refractivity contribution in [2.24, 2.45) is 0 Å². The summed E-state index contributed by atoms with van der Waals surface area (Å²) in [5, 5.41) is 15.9. The lowest BCUT2D eigenvalue weighted by atomic mass is 9.77. The van der Waals surface area contributed by atoms with E-state index in [0.29, 0.717) is 0 Å². The molecule has 0 aromatic heterocycles. The van der Waals surface area contributed by atoms with Crippen LogP contribution in [0.3, 0.4) is 0 Å². The molecule has 2 atom stereocenters. The molecule has 7 rings (SSSR count). The number of aliphatic carboxylic acids is 1. The molecule has 3 N–H and O–H groups in total. The van der Waals surface area contributed by atoms with Gasteiger partial charge in [-0.1, -0.05) is 140 Å². The number of carboxylic acids is 1. The standard InChI is InChI=1S/C44H41N3O7/c1-43(2)47(38(28-54-43)41(50)51)40(49)37(45-42(52)53-27-36-34-24-14-12-22-32(34)33-23-13-15-25-35(33)36)26-39(48)46-44(29-16-6-3-7-17-29,30-18-8-4-9-19-30)31-20-10-5-11-21-31/h3-25,36-38H,26-28H2,1-2H3,(H,45,52)(H,46,48)(H,50,51)/t37-,38-/m0/s1. The monoisotopic (exact) mass is 723 g/mol. The minimum absolute atomic E-state index is 0.0256. The molecule has 54 heavy (non-hydrogen) atoms. The van der Waals surface area contributed by atoms with Crippen LogP contribution in [-0.4, -0.2) is 64.9 Å². The highest BCUT2D eigenvalue weighted by atomic mass is 16.6. The van der Waals surface area contributed by atoms with Gasteiger partial charge in [0.25, 0.3) is 0 Å². The number of amides is 3. The van der Waals surface area contributed by atoms with Gasteiger partial charge in [0.15, 0.2) is 6.04 Å². The fourth-order valence-corrected chi connectivity index (χ4v) is 7.78. The molecule has 5 aromatic rings. The van der Waals surface area contributed by atoms with Crippen LogP contribution < -0.4 is 10.6 Å². The van der Waals surface area contributed by atoms with Crippen LogP contribution in [0.15, 0.2) is 140 Å². The van der Waals surface area contributed by atoms with Crippen molar-refractivity contribution < 1.29 is 33.8 Å². The van der Waals surface area contributed by atoms with Crippen LogP contribution in [0.25, 0.3) is 11.1 Å². The number of hydrogen-bond donors (Lipinski definition) is 3. The molecule has 2 aliphatic rings. The van der Waals surface area contributed by atoms with E-state index in [0.717, 1.165) is 43.8 Å². The molecule has 10 nitrogen and oxygen atoms in total. The van der Waals surface area contributed by atoms with Crippen LogP contribution in [0.2, 0.25) is 0 Å². The Morgan fingerprint density at radius 2 is 1.22 bits per heavy atom. The number of rotatable bonds is 11. The zero-order valence-corrected chi connectivity index (χ0v) is 30.0. The Kier molecular flexibility index (Phi) is 10.0. The highest BCUT2D eigenvalue weighted by Crippen LogP contribution is 2.44. The number of nitrogens with one attached hydrogen (secondary N) is 2. The number of benzene rings is 5. The van der Waals surface area contributed by atoms with Crippen molar-refractivity contribution in [3.8, 4) is 11.1 Å². The maximum absolute atomic E-state index is 14.5. The van der Waals surface area contributed by atoms with E-state index in [-0.39, 0.29) is 19.1 Å². The van der Waals surface area contributed by atoms with Crippen molar-refractivity contribution in [3.63, 3.8) is 0 Å². The highest BCUT2D eigenvalue weighted by molar-refractivity contribution is 5.94. The van der Waals surface area contributed by atoms with Gasteiger partial charge < -0.3 is 25.2 Å². The number of alkyl carbamates (subject to hydrolysis) is 1. The first kappa shape index (κ1) is 36.1. The molecule has 10 heteroatoms. The second kappa shape index (κ2) is 15.0. The van der Waals surface area contributed by atoms with Crippen molar-refractivity contribution >= 4 is 23.9 Å². The van der Waals surface area contributed by atoms with Gasteiger partial charge in [-0.3, -0.25) is 14.5 Å². The van der Waals surface area contributed by atoms with Crippen LogP contribution in [0.1, 0.15) is 54.0 Å². The molecule has 1 saturated heterocycles. The van der Waals surface area contributed by atoms with Gasteiger partial charge >= 0.3 is 12.1 Å². The summed E-state index contributed by atoms with van der Waals surface area (Å²) in [5.41, 5.74) is 3.91. The van der Waals surface area contributed by atoms with E-state index in [4.69, 9.17) is 9.47 Å². The molecule has 0 bridgehead atoms. The molecule has 0 radical (unpaired) electrons. The largest absolute Gasteiger partial charge is 0.480 e. The summed E-state index contributed by atoms with van der Waals surface area (Å²) in [7, 11) is 0. The number of ether oxygens (including phenoxy) is 2. The molecule has 0 spiro atoms. The van der Waals surface area contributed by atoms with Gasteiger partial charge in [0, 0.05) is 5.92 Å². The number of fused-ring (bicyclic) bond motifs is 3. The summed E-state index contributed by atoms with van der Waals surface area (Å²) >= 11 is 0. The SMILES string of the molecule is CC1(C)OC[C@@H](C(=O)O)N1C(=O)[C@H](CC(=O)NC(c1ccccc1)(c1ccccc1)c1ccccc1)NC(=O)OCC1c2ccccc2-c2ccccc21. The van der Waals surface area contributed by atoms with Crippen molar-refractivity contribution in [2.45, 2.75) is 49.5 Å². The van der Waals surface area contributed by atoms with Crippen LogP contribution in [0.4, 0.5) is 4.79 Å². The minimum Gasteiger partial charge on any atom is -0.480 e. The summed E-state index contributed by atoms with van der Waals surface area (Å²) in [6.07, 6.45) is -1.45. The quantitative estimate of drug-likeness (QED) is 0.134. The lowest BCUT2D eigenvalue weighted by molar-refractivity contribution is -0.157. The molecule has 3 amide bonds. The fraction of sp³-hybridized carbons (Fsp3) is 0.227. The van der Waals surface area contributed by atoms with E-state index >= 15 is 0 Å². The Hall–Kier alpha value is -6.26. The Morgan fingerprint density at radius 3 is 1.70 bits per heavy atom. The van der Waals surface area contributed by atoms with Crippen LogP contribution in [0, 0.1) is 0 Å². The van der Waals surface area contributed by atoms with E-state index in [9.17, 15) is 24.3 Å². The topological polar surface area (TPSA) is 134 Å². The van der Waals surface area contributed by atoms with E-state index in [1.165, 1.54) is 0 Å². The van der Waals surface area contributed by atoms with E-state index in [1.54, 1.807) is 13.8 Å². The first-order chi connectivity index (χ1) is 26.1. The number of hydrogen-bond acceptors (Lipinski definition) is 6. The van der Waals surface area contributed by atoms with Crippen LogP contribution in [0.5, 0.6) is 0 Å². The molecule has 274 valence electrons. The Balaban J connectivity index is 1.20. The summed E-state index contributed by atoms with van der Waals surface area (Å²) in [5.74, 6) is -2.88. The Labute approximate surface area is 313 Å². The second-order valence-corrected chi connectivity index (χ2v) is 13.9. The zero-order valence-electron chi connectivity index (χ0n) is 30.0. The van der Waals surface area contributed by atoms with Crippen molar-refractivity contribution in [2.75, 3.05) is 13.2 Å². The van der Waals surface area contributed by atoms with Crippen molar-refractivity contribution in [3.05, 3.63) is 167 Å². The third-order valence-corrected chi connectivity index (χ3v) is 10.3. The molecule has 1 fully saturated rings. The highest BCUT2D eigenvalue weighted by Gasteiger charge is 2.50. The second-order valence-electron chi connectivity index (χ2n) is 13.9. The molecule has 0 unspecified atom stereocenters. The third-order valence-electron chi connectivity index (χ3n) is 10.3. The normalized spacial score (nSPS) is 16.5. The lowest BCUT2D eigenvalue weighted by Gasteiger charge is -2.38. The number of nitrogens with zero attached hydrogens (tertiary/aromatic N) is 1. The van der Waals surface area contributed by atoms with Gasteiger partial charge in [0.2, 0.25) is 11.8 Å². The number of carbonyl (C=O) groups excluding carboxylic acids is 3. The molecular weight excluding hydrogens is 682 g/mol. The maximum Gasteiger partial charge on any atom is 0.407 e. The predicted octanol–water partition coefficient (Wildman–Crippen LogP) is 6.44. The maximum atomic E-state index is 14.5. The van der Waals surface area contributed by atoms with Gasteiger partial charge in [0.05, 0.1) is 13.0 Å². The van der Waals surface area contributed by atoms with Crippen LogP contribution in [-0.2, 0) is 29.4 Å². The Morgan fingerprint density at radius 1 is 0.759 bits per heavy atom. The number of carbonyl (C=O) groups is 4. The van der Waals surface area contributed by atoms with E-state index < -0.39 is 53.6 Å². The van der Waals surface area contributed by atoms with Crippen molar-refractivity contribution in [1.82, 2.24) is 15.5 Å². The van der Waals surface area contributed by atoms with E-state index in [1.807, 2.05) is 140 Å². The third kappa shape index (κ3) is 6.83. The van der Waals surface area contributed by atoms with Gasteiger partial charge in [0.1, 0.15) is 23.9 Å². The average Bonchev–Trinajstić information content (AvgIpc) is 3.70. The summed E-state index contributed by atoms with van der Waals surface area (Å²) in [6, 6.07) is 41.5. The van der Waals surface area contributed by atoms with Gasteiger partial charge in [-0.15, -0.1) is 0 Å². The molecule has 1 heterocycles. The minimum atomic E-state index is -1.51. The number of carboxylic acid groups (broad SMARTS) is 1. The summed E-state index contributed by atoms with van der Waals surface area (Å²) in [6.45, 7) is 2.87. The first-order valence-corrected chi connectivity index (χ1v) is 17.9. The van der Waals surface area contributed by atoms with Crippen LogP contribution >= 0.6 is 0 Å². The van der Waals surface area contributed by atoms with E-state index in [2.05, 4.69) is 10.6 Å². The molecule has 5 aromatic carbocycles. The Bertz CT molecular complexity index is 2020. The molecule has 1 aliphatic carbocycles. The predicted molar refractivity (Wildman–Crippen MR) is 202 cm³/mol. The van der Waals surface area contributed by atoms with Gasteiger partial charge in [-0.05, 0) is 52.8 Å². The van der Waals surface area contributed by atoms with Gasteiger partial charge in [-0.2, -0.15) is 0 Å². The summed E-state index contributed by atoms with van der Waals surface area (Å²) in [4.78, 5) is 56.0. The molecular formula is C44H41N3O7. The smallest absolute Gasteiger partial charge is 0.407 e. The average molecular weight is 724 g/mol. The molecule has 0 saturated carbocycles. The van der Waals surface area contributed by atoms with Gasteiger partial charge in [-0.25, -0.2) is 9.59 Å².